The highest BCUT2D eigenvalue weighted by Gasteiger charge is 2.26. The highest BCUT2D eigenvalue weighted by Crippen LogP contribution is 2.31. The number of primary sulfonamides is 1. The summed E-state index contributed by atoms with van der Waals surface area (Å²) in [4.78, 5) is 4.48. The third kappa shape index (κ3) is 2.40. The molecule has 2 aromatic heterocycles. The topological polar surface area (TPSA) is 128 Å². The lowest BCUT2D eigenvalue weighted by Crippen LogP contribution is -2.14. The van der Waals surface area contributed by atoms with Gasteiger partial charge in [-0.1, -0.05) is 25.3 Å². The molecule has 0 unspecified atom stereocenters. The fraction of sp³-hybridized carbons (Fsp3) is 0.500. The van der Waals surface area contributed by atoms with Crippen LogP contribution in [0.25, 0.3) is 10.7 Å². The number of hydrogen-bond donors (Lipinski definition) is 2. The molecule has 0 atom stereocenters. The van der Waals surface area contributed by atoms with Gasteiger partial charge in [-0.05, 0) is 11.5 Å². The van der Waals surface area contributed by atoms with Gasteiger partial charge < -0.3 is 0 Å². The Kier molecular flexibility index (Phi) is 2.95. The van der Waals surface area contributed by atoms with E-state index in [1.807, 2.05) is 20.8 Å². The van der Waals surface area contributed by atoms with Crippen LogP contribution in [0.1, 0.15) is 26.5 Å². The van der Waals surface area contributed by atoms with Gasteiger partial charge in [0.15, 0.2) is 5.82 Å². The van der Waals surface area contributed by atoms with Gasteiger partial charge in [0.1, 0.15) is 4.88 Å². The van der Waals surface area contributed by atoms with Gasteiger partial charge in [-0.25, -0.2) is 18.7 Å². The van der Waals surface area contributed by atoms with E-state index in [0.29, 0.717) is 10.6 Å². The van der Waals surface area contributed by atoms with Crippen molar-refractivity contribution in [3.05, 3.63) is 5.69 Å². The van der Waals surface area contributed by atoms with E-state index in [1.54, 1.807) is 0 Å². The van der Waals surface area contributed by atoms with Crippen molar-refractivity contribution in [1.82, 2.24) is 24.8 Å². The summed E-state index contributed by atoms with van der Waals surface area (Å²) in [5.41, 5.74) is 0.484. The number of nitrogens with zero attached hydrogens (tertiary/aromatic N) is 4. The zero-order valence-corrected chi connectivity index (χ0v) is 11.6. The Bertz CT molecular complexity index is 666. The van der Waals surface area contributed by atoms with Crippen LogP contribution in [-0.4, -0.2) is 33.2 Å². The van der Waals surface area contributed by atoms with Crippen LogP contribution in [0.15, 0.2) is 5.16 Å². The second kappa shape index (κ2) is 4.07. The molecule has 0 amide bonds. The van der Waals surface area contributed by atoms with Gasteiger partial charge >= 0.3 is 0 Å². The van der Waals surface area contributed by atoms with Gasteiger partial charge in [-0.2, -0.15) is 10.1 Å². The maximum absolute atomic E-state index is 11.1. The van der Waals surface area contributed by atoms with E-state index in [9.17, 15) is 8.42 Å². The molecule has 98 valence electrons. The fourth-order valence-electron chi connectivity index (χ4n) is 1.30. The summed E-state index contributed by atoms with van der Waals surface area (Å²) in [6, 6.07) is 0. The van der Waals surface area contributed by atoms with Crippen LogP contribution in [-0.2, 0) is 15.4 Å². The van der Waals surface area contributed by atoms with Gasteiger partial charge in [0, 0.05) is 5.41 Å². The van der Waals surface area contributed by atoms with E-state index in [2.05, 4.69) is 24.8 Å². The van der Waals surface area contributed by atoms with Gasteiger partial charge in [-0.15, -0.1) is 5.10 Å². The number of nitrogens with two attached hydrogens (primary N) is 1. The first kappa shape index (κ1) is 13.1. The van der Waals surface area contributed by atoms with Crippen LogP contribution in [0.2, 0.25) is 0 Å². The van der Waals surface area contributed by atoms with Gasteiger partial charge in [0.25, 0.3) is 15.2 Å². The van der Waals surface area contributed by atoms with Crippen molar-refractivity contribution in [3.8, 4) is 10.7 Å². The van der Waals surface area contributed by atoms with E-state index < -0.39 is 10.0 Å². The molecule has 3 N–H and O–H groups in total. The number of sulfonamides is 1. The van der Waals surface area contributed by atoms with E-state index in [4.69, 9.17) is 5.14 Å². The molecule has 0 spiro atoms. The third-order valence-corrected chi connectivity index (χ3v) is 3.58. The Morgan fingerprint density at radius 1 is 1.33 bits per heavy atom. The molecule has 0 aromatic carbocycles. The van der Waals surface area contributed by atoms with Crippen LogP contribution in [0.3, 0.4) is 0 Å². The summed E-state index contributed by atoms with van der Waals surface area (Å²) >= 11 is 1.11. The summed E-state index contributed by atoms with van der Waals surface area (Å²) in [5, 5.41) is 14.7. The van der Waals surface area contributed by atoms with Crippen molar-refractivity contribution in [2.75, 3.05) is 0 Å². The quantitative estimate of drug-likeness (QED) is 0.816. The van der Waals surface area contributed by atoms with Crippen molar-refractivity contribution in [2.24, 2.45) is 5.14 Å². The molecule has 0 radical (unpaired) electrons. The fourth-order valence-corrected chi connectivity index (χ4v) is 2.50. The molecule has 0 saturated carbocycles. The Hall–Kier alpha value is -1.39. The highest BCUT2D eigenvalue weighted by molar-refractivity contribution is 7.89. The second-order valence-electron chi connectivity index (χ2n) is 4.71. The maximum atomic E-state index is 11.1. The minimum Gasteiger partial charge on any atom is -0.248 e. The summed E-state index contributed by atoms with van der Waals surface area (Å²) in [6.07, 6.45) is 0. The summed E-state index contributed by atoms with van der Waals surface area (Å²) in [7, 11) is -3.89. The zero-order chi connectivity index (χ0) is 13.6. The first-order chi connectivity index (χ1) is 8.19. The highest BCUT2D eigenvalue weighted by atomic mass is 32.2. The SMILES string of the molecule is CC(C)(C)c1nnsc1-c1n[nH]c(S(N)(=O)=O)n1. The number of aromatic amines is 1. The van der Waals surface area contributed by atoms with Crippen LogP contribution in [0.5, 0.6) is 0 Å². The number of hydrogen-bond acceptors (Lipinski definition) is 7. The van der Waals surface area contributed by atoms with Crippen molar-refractivity contribution in [1.29, 1.82) is 0 Å². The molecule has 0 bridgehead atoms. The first-order valence-electron chi connectivity index (χ1n) is 4.98. The van der Waals surface area contributed by atoms with E-state index in [-0.39, 0.29) is 16.4 Å². The largest absolute Gasteiger partial charge is 0.273 e. The van der Waals surface area contributed by atoms with E-state index in [1.165, 1.54) is 0 Å². The summed E-state index contributed by atoms with van der Waals surface area (Å²) in [5.74, 6) is 0.235. The van der Waals surface area contributed by atoms with Crippen LogP contribution in [0.4, 0.5) is 0 Å². The molecule has 18 heavy (non-hydrogen) atoms. The zero-order valence-electron chi connectivity index (χ0n) is 10.00. The molecule has 0 fully saturated rings. The monoisotopic (exact) mass is 288 g/mol. The molecule has 0 aliphatic carbocycles. The predicted octanol–water partition coefficient (Wildman–Crippen LogP) is 0.268. The van der Waals surface area contributed by atoms with Gasteiger partial charge in [-0.3, -0.25) is 0 Å². The lowest BCUT2D eigenvalue weighted by molar-refractivity contribution is 0.568. The summed E-state index contributed by atoms with van der Waals surface area (Å²) < 4.78 is 26.1. The van der Waals surface area contributed by atoms with Crippen molar-refractivity contribution in [2.45, 2.75) is 31.3 Å². The van der Waals surface area contributed by atoms with Crippen molar-refractivity contribution >= 4 is 21.6 Å². The molecule has 8 nitrogen and oxygen atoms in total. The average molecular weight is 288 g/mol. The molecule has 2 heterocycles. The Morgan fingerprint density at radius 3 is 2.50 bits per heavy atom. The molecule has 0 aliphatic rings. The molecule has 10 heteroatoms. The smallest absolute Gasteiger partial charge is 0.248 e. The summed E-state index contributed by atoms with van der Waals surface area (Å²) in [6.45, 7) is 5.92. The Labute approximate surface area is 108 Å². The lowest BCUT2D eigenvalue weighted by Gasteiger charge is -2.15. The first-order valence-corrected chi connectivity index (χ1v) is 7.30. The standard InChI is InChI=1S/C8H12N6O2S2/c1-8(2,3)5-4(17-14-11-5)6-10-7(13-12-6)18(9,15)16/h1-3H3,(H2,9,15,16)(H,10,12,13). The van der Waals surface area contributed by atoms with Crippen LogP contribution >= 0.6 is 11.5 Å². The molecule has 0 aliphatic heterocycles. The minimum atomic E-state index is -3.89. The Balaban J connectivity index is 2.51. The number of nitrogens with one attached hydrogen (secondary N) is 1. The minimum absolute atomic E-state index is 0.231. The number of H-pyrrole nitrogens is 1. The van der Waals surface area contributed by atoms with E-state index in [0.717, 1.165) is 11.5 Å². The maximum Gasteiger partial charge on any atom is 0.273 e. The number of aromatic nitrogens is 5. The normalized spacial score (nSPS) is 12.9. The molecular weight excluding hydrogens is 276 g/mol. The molecule has 2 rings (SSSR count). The Morgan fingerprint density at radius 2 is 2.00 bits per heavy atom. The average Bonchev–Trinajstić information content (AvgIpc) is 2.84. The van der Waals surface area contributed by atoms with Crippen molar-refractivity contribution < 1.29 is 8.42 Å². The van der Waals surface area contributed by atoms with Gasteiger partial charge in [0.2, 0.25) is 0 Å². The molecule has 0 saturated heterocycles. The van der Waals surface area contributed by atoms with Gasteiger partial charge in [0.05, 0.1) is 5.69 Å². The van der Waals surface area contributed by atoms with Crippen LogP contribution in [0, 0.1) is 0 Å². The third-order valence-electron chi connectivity index (χ3n) is 2.14. The molecule has 2 aromatic rings. The van der Waals surface area contributed by atoms with Crippen molar-refractivity contribution in [3.63, 3.8) is 0 Å². The lowest BCUT2D eigenvalue weighted by atomic mass is 9.91. The predicted molar refractivity (Wildman–Crippen MR) is 65.4 cm³/mol. The molecular formula is C8H12N6O2S2. The second-order valence-corrected chi connectivity index (χ2v) is 6.94. The van der Waals surface area contributed by atoms with Crippen LogP contribution < -0.4 is 5.14 Å². The number of rotatable bonds is 2. The van der Waals surface area contributed by atoms with E-state index >= 15 is 0 Å².